The van der Waals surface area contributed by atoms with E-state index in [9.17, 15) is 17.6 Å². The predicted molar refractivity (Wildman–Crippen MR) is 83.0 cm³/mol. The molecule has 1 aromatic rings. The van der Waals surface area contributed by atoms with Gasteiger partial charge in [0, 0.05) is 25.2 Å². The Balaban J connectivity index is 1.82. The zero-order valence-electron chi connectivity index (χ0n) is 12.3. The van der Waals surface area contributed by atoms with Crippen LogP contribution in [-0.2, 0) is 14.8 Å². The lowest BCUT2D eigenvalue weighted by molar-refractivity contribution is -0.117. The van der Waals surface area contributed by atoms with Gasteiger partial charge in [0.05, 0.1) is 6.26 Å². The lowest BCUT2D eigenvalue weighted by Gasteiger charge is -2.30. The van der Waals surface area contributed by atoms with Crippen molar-refractivity contribution < 1.29 is 17.6 Å². The summed E-state index contributed by atoms with van der Waals surface area (Å²) in [6.45, 7) is 0.844. The van der Waals surface area contributed by atoms with Crippen LogP contribution in [0.4, 0.5) is 4.39 Å². The van der Waals surface area contributed by atoms with Crippen LogP contribution in [0.5, 0.6) is 0 Å². The molecule has 1 N–H and O–H groups in total. The van der Waals surface area contributed by atoms with Gasteiger partial charge in [-0.3, -0.25) is 4.79 Å². The van der Waals surface area contributed by atoms with Crippen LogP contribution in [0, 0.1) is 5.82 Å². The zero-order valence-corrected chi connectivity index (χ0v) is 13.1. The minimum atomic E-state index is -3.15. The fourth-order valence-electron chi connectivity index (χ4n) is 2.33. The normalized spacial score (nSPS) is 17.7. The number of nitrogens with one attached hydrogen (secondary N) is 1. The second-order valence-electron chi connectivity index (χ2n) is 5.33. The molecule has 1 aliphatic rings. The van der Waals surface area contributed by atoms with Crippen LogP contribution < -0.4 is 5.32 Å². The number of carbonyl (C=O) groups is 1. The van der Waals surface area contributed by atoms with Crippen molar-refractivity contribution in [2.24, 2.45) is 0 Å². The Kier molecular flexibility index (Phi) is 5.31. The fraction of sp³-hybridized carbons (Fsp3) is 0.400. The van der Waals surface area contributed by atoms with Gasteiger partial charge in [-0.15, -0.1) is 0 Å². The monoisotopic (exact) mass is 326 g/mol. The highest BCUT2D eigenvalue weighted by atomic mass is 32.2. The van der Waals surface area contributed by atoms with Crippen molar-refractivity contribution in [2.75, 3.05) is 19.3 Å². The first kappa shape index (κ1) is 16.6. The van der Waals surface area contributed by atoms with Gasteiger partial charge in [-0.25, -0.2) is 17.1 Å². The van der Waals surface area contributed by atoms with Crippen LogP contribution in [0.2, 0.25) is 0 Å². The third kappa shape index (κ3) is 4.92. The smallest absolute Gasteiger partial charge is 0.244 e. The summed E-state index contributed by atoms with van der Waals surface area (Å²) in [6.07, 6.45) is 5.40. The van der Waals surface area contributed by atoms with Crippen molar-refractivity contribution in [1.82, 2.24) is 9.62 Å². The lowest BCUT2D eigenvalue weighted by atomic mass is 10.1. The molecule has 0 aromatic heterocycles. The van der Waals surface area contributed by atoms with E-state index >= 15 is 0 Å². The molecular weight excluding hydrogens is 307 g/mol. The SMILES string of the molecule is CS(=O)(=O)N1CCC(NC(=O)C=Cc2ccc(F)cc2)CC1. The Labute approximate surface area is 129 Å². The predicted octanol–water partition coefficient (Wildman–Crippen LogP) is 1.38. The van der Waals surface area contributed by atoms with E-state index in [4.69, 9.17) is 0 Å². The maximum atomic E-state index is 12.8. The molecule has 0 aliphatic carbocycles. The van der Waals surface area contributed by atoms with Gasteiger partial charge in [0.1, 0.15) is 5.82 Å². The summed E-state index contributed by atoms with van der Waals surface area (Å²) in [5.74, 6) is -0.554. The number of hydrogen-bond donors (Lipinski definition) is 1. The van der Waals surface area contributed by atoms with Crippen molar-refractivity contribution in [1.29, 1.82) is 0 Å². The molecular formula is C15H19FN2O3S. The third-order valence-corrected chi connectivity index (χ3v) is 4.87. The quantitative estimate of drug-likeness (QED) is 0.850. The van der Waals surface area contributed by atoms with Crippen molar-refractivity contribution in [3.05, 3.63) is 41.7 Å². The van der Waals surface area contributed by atoms with Gasteiger partial charge in [0.25, 0.3) is 0 Å². The molecule has 1 amide bonds. The molecule has 120 valence electrons. The number of rotatable bonds is 4. The molecule has 0 saturated carbocycles. The van der Waals surface area contributed by atoms with Crippen molar-refractivity contribution >= 4 is 22.0 Å². The number of amides is 1. The molecule has 22 heavy (non-hydrogen) atoms. The Morgan fingerprint density at radius 3 is 2.41 bits per heavy atom. The van der Waals surface area contributed by atoms with E-state index in [1.807, 2.05) is 0 Å². The number of sulfonamides is 1. The zero-order chi connectivity index (χ0) is 16.2. The highest BCUT2D eigenvalue weighted by Gasteiger charge is 2.25. The molecule has 1 fully saturated rings. The summed E-state index contributed by atoms with van der Waals surface area (Å²) < 4.78 is 37.0. The molecule has 0 bridgehead atoms. The van der Waals surface area contributed by atoms with E-state index in [1.54, 1.807) is 18.2 Å². The van der Waals surface area contributed by atoms with Gasteiger partial charge in [-0.05, 0) is 36.6 Å². The van der Waals surface area contributed by atoms with Crippen molar-refractivity contribution in [3.63, 3.8) is 0 Å². The number of halogens is 1. The minimum Gasteiger partial charge on any atom is -0.350 e. The third-order valence-electron chi connectivity index (χ3n) is 3.57. The minimum absolute atomic E-state index is 0.0247. The molecule has 0 radical (unpaired) electrons. The average molecular weight is 326 g/mol. The highest BCUT2D eigenvalue weighted by molar-refractivity contribution is 7.88. The highest BCUT2D eigenvalue weighted by Crippen LogP contribution is 2.13. The molecule has 7 heteroatoms. The fourth-order valence-corrected chi connectivity index (χ4v) is 3.20. The number of hydrogen-bond acceptors (Lipinski definition) is 3. The van der Waals surface area contributed by atoms with Gasteiger partial charge < -0.3 is 5.32 Å². The van der Waals surface area contributed by atoms with E-state index in [-0.39, 0.29) is 17.8 Å². The number of nitrogens with zero attached hydrogens (tertiary/aromatic N) is 1. The molecule has 1 heterocycles. The molecule has 0 spiro atoms. The van der Waals surface area contributed by atoms with E-state index in [0.717, 1.165) is 5.56 Å². The van der Waals surface area contributed by atoms with Crippen molar-refractivity contribution in [3.8, 4) is 0 Å². The van der Waals surface area contributed by atoms with Crippen molar-refractivity contribution in [2.45, 2.75) is 18.9 Å². The molecule has 0 atom stereocenters. The number of carbonyl (C=O) groups excluding carboxylic acids is 1. The van der Waals surface area contributed by atoms with Crippen LogP contribution in [0.1, 0.15) is 18.4 Å². The summed E-state index contributed by atoms with van der Waals surface area (Å²) >= 11 is 0. The second kappa shape index (κ2) is 7.02. The van der Waals surface area contributed by atoms with Crippen LogP contribution in [0.3, 0.4) is 0 Å². The molecule has 1 aromatic carbocycles. The maximum absolute atomic E-state index is 12.8. The van der Waals surface area contributed by atoms with Crippen LogP contribution in [-0.4, -0.2) is 44.0 Å². The first-order valence-corrected chi connectivity index (χ1v) is 8.89. The van der Waals surface area contributed by atoms with Gasteiger partial charge in [0.15, 0.2) is 0 Å². The standard InChI is InChI=1S/C15H19FN2O3S/c1-22(20,21)18-10-8-14(9-11-18)17-15(19)7-4-12-2-5-13(16)6-3-12/h2-7,14H,8-11H2,1H3,(H,17,19). The Morgan fingerprint density at radius 1 is 1.27 bits per heavy atom. The first-order valence-electron chi connectivity index (χ1n) is 7.04. The van der Waals surface area contributed by atoms with Gasteiger partial charge in [-0.1, -0.05) is 12.1 Å². The molecule has 5 nitrogen and oxygen atoms in total. The summed E-state index contributed by atoms with van der Waals surface area (Å²) in [5, 5.41) is 2.85. The average Bonchev–Trinajstić information content (AvgIpc) is 2.46. The molecule has 1 aliphatic heterocycles. The Morgan fingerprint density at radius 2 is 1.86 bits per heavy atom. The van der Waals surface area contributed by atoms with Gasteiger partial charge in [-0.2, -0.15) is 0 Å². The summed E-state index contributed by atoms with van der Waals surface area (Å²) in [6, 6.07) is 5.81. The lowest BCUT2D eigenvalue weighted by Crippen LogP contribution is -2.45. The number of piperidine rings is 1. The van der Waals surface area contributed by atoms with Gasteiger partial charge in [0.2, 0.25) is 15.9 Å². The summed E-state index contributed by atoms with van der Waals surface area (Å²) in [5.41, 5.74) is 0.739. The van der Waals surface area contributed by atoms with Crippen LogP contribution in [0.25, 0.3) is 6.08 Å². The Hall–Kier alpha value is -1.73. The van der Waals surface area contributed by atoms with E-state index < -0.39 is 10.0 Å². The maximum Gasteiger partial charge on any atom is 0.244 e. The van der Waals surface area contributed by atoms with E-state index in [1.165, 1.54) is 28.8 Å². The molecule has 2 rings (SSSR count). The number of benzene rings is 1. The van der Waals surface area contributed by atoms with Crippen LogP contribution >= 0.6 is 0 Å². The largest absolute Gasteiger partial charge is 0.350 e. The first-order chi connectivity index (χ1) is 10.3. The summed E-state index contributed by atoms with van der Waals surface area (Å²) in [4.78, 5) is 11.8. The van der Waals surface area contributed by atoms with Gasteiger partial charge >= 0.3 is 0 Å². The topological polar surface area (TPSA) is 66.5 Å². The Bertz CT molecular complexity index is 648. The second-order valence-corrected chi connectivity index (χ2v) is 7.31. The van der Waals surface area contributed by atoms with E-state index in [2.05, 4.69) is 5.32 Å². The van der Waals surface area contributed by atoms with E-state index in [0.29, 0.717) is 25.9 Å². The van der Waals surface area contributed by atoms with Crippen LogP contribution in [0.15, 0.2) is 30.3 Å². The summed E-state index contributed by atoms with van der Waals surface area (Å²) in [7, 11) is -3.15. The molecule has 0 unspecified atom stereocenters. The molecule has 1 saturated heterocycles.